The van der Waals surface area contributed by atoms with Crippen LogP contribution in [0.15, 0.2) is 24.4 Å². The third-order valence-corrected chi connectivity index (χ3v) is 2.09. The molecular formula is C9H13ClN2. The first kappa shape index (κ1) is 9.33. The van der Waals surface area contributed by atoms with Crippen LogP contribution in [0.5, 0.6) is 0 Å². The molecule has 0 fully saturated rings. The molecule has 0 aliphatic heterocycles. The zero-order valence-corrected chi connectivity index (χ0v) is 7.88. The van der Waals surface area contributed by atoms with Crippen molar-refractivity contribution in [2.45, 2.75) is 6.92 Å². The molecule has 0 amide bonds. The van der Waals surface area contributed by atoms with Crippen LogP contribution in [0.3, 0.4) is 0 Å². The van der Waals surface area contributed by atoms with Crippen molar-refractivity contribution in [1.29, 1.82) is 0 Å². The fourth-order valence-electron chi connectivity index (χ4n) is 0.801. The molecule has 0 saturated carbocycles. The molecule has 0 bridgehead atoms. The van der Waals surface area contributed by atoms with E-state index in [1.54, 1.807) is 6.20 Å². The van der Waals surface area contributed by atoms with Crippen LogP contribution in [0.25, 0.3) is 0 Å². The molecule has 1 heterocycles. The summed E-state index contributed by atoms with van der Waals surface area (Å²) in [7, 11) is 0. The molecule has 1 rings (SSSR count). The first-order valence-electron chi connectivity index (χ1n) is 4.04. The number of aromatic nitrogens is 1. The lowest BCUT2D eigenvalue weighted by Crippen LogP contribution is -2.12. The van der Waals surface area contributed by atoms with Crippen LogP contribution in [-0.4, -0.2) is 17.4 Å². The molecule has 66 valence electrons. The number of hydrogen-bond acceptors (Lipinski definition) is 2. The van der Waals surface area contributed by atoms with E-state index in [1.165, 1.54) is 0 Å². The van der Waals surface area contributed by atoms with Gasteiger partial charge in [0.2, 0.25) is 0 Å². The number of alkyl halides is 1. The van der Waals surface area contributed by atoms with Crippen molar-refractivity contribution in [3.8, 4) is 0 Å². The van der Waals surface area contributed by atoms with Gasteiger partial charge in [-0.25, -0.2) is 4.98 Å². The van der Waals surface area contributed by atoms with Crippen LogP contribution in [0, 0.1) is 5.92 Å². The van der Waals surface area contributed by atoms with E-state index < -0.39 is 0 Å². The summed E-state index contributed by atoms with van der Waals surface area (Å²) in [5.41, 5.74) is 0. The highest BCUT2D eigenvalue weighted by molar-refractivity contribution is 6.18. The van der Waals surface area contributed by atoms with E-state index in [-0.39, 0.29) is 0 Å². The maximum atomic E-state index is 5.66. The molecule has 1 atom stereocenters. The van der Waals surface area contributed by atoms with Crippen molar-refractivity contribution in [3.63, 3.8) is 0 Å². The summed E-state index contributed by atoms with van der Waals surface area (Å²) in [5.74, 6) is 2.07. The molecule has 0 aromatic carbocycles. The minimum Gasteiger partial charge on any atom is -0.370 e. The Bertz CT molecular complexity index is 213. The van der Waals surface area contributed by atoms with Gasteiger partial charge in [0.05, 0.1) is 0 Å². The predicted molar refractivity (Wildman–Crippen MR) is 52.6 cm³/mol. The lowest BCUT2D eigenvalue weighted by Gasteiger charge is -2.08. The first-order valence-corrected chi connectivity index (χ1v) is 4.57. The summed E-state index contributed by atoms with van der Waals surface area (Å²) in [6, 6.07) is 5.80. The third kappa shape index (κ3) is 3.09. The second-order valence-electron chi connectivity index (χ2n) is 2.86. The van der Waals surface area contributed by atoms with Gasteiger partial charge in [0.15, 0.2) is 0 Å². The normalized spacial score (nSPS) is 12.5. The van der Waals surface area contributed by atoms with Crippen molar-refractivity contribution in [2.24, 2.45) is 5.92 Å². The number of nitrogens with one attached hydrogen (secondary N) is 1. The van der Waals surface area contributed by atoms with Gasteiger partial charge in [-0.1, -0.05) is 13.0 Å². The van der Waals surface area contributed by atoms with E-state index >= 15 is 0 Å². The highest BCUT2D eigenvalue weighted by Gasteiger charge is 1.98. The van der Waals surface area contributed by atoms with E-state index in [4.69, 9.17) is 11.6 Å². The minimum absolute atomic E-state index is 0.480. The molecule has 1 aromatic heterocycles. The average Bonchev–Trinajstić information content (AvgIpc) is 2.16. The number of nitrogens with zero attached hydrogens (tertiary/aromatic N) is 1. The molecule has 0 spiro atoms. The summed E-state index contributed by atoms with van der Waals surface area (Å²) in [6.45, 7) is 2.98. The zero-order chi connectivity index (χ0) is 8.81. The van der Waals surface area contributed by atoms with Gasteiger partial charge >= 0.3 is 0 Å². The molecule has 1 unspecified atom stereocenters. The van der Waals surface area contributed by atoms with Crippen molar-refractivity contribution < 1.29 is 0 Å². The maximum Gasteiger partial charge on any atom is 0.125 e. The largest absolute Gasteiger partial charge is 0.370 e. The highest BCUT2D eigenvalue weighted by atomic mass is 35.5. The smallest absolute Gasteiger partial charge is 0.125 e. The highest BCUT2D eigenvalue weighted by Crippen LogP contribution is 2.03. The number of pyridine rings is 1. The van der Waals surface area contributed by atoms with E-state index in [0.29, 0.717) is 11.8 Å². The molecule has 0 radical (unpaired) electrons. The van der Waals surface area contributed by atoms with Gasteiger partial charge in [-0.05, 0) is 18.1 Å². The lowest BCUT2D eigenvalue weighted by atomic mass is 10.2. The van der Waals surface area contributed by atoms with E-state index in [2.05, 4.69) is 17.2 Å². The molecule has 12 heavy (non-hydrogen) atoms. The lowest BCUT2D eigenvalue weighted by molar-refractivity contribution is 0.694. The standard InChI is InChI=1S/C9H13ClN2/c1-8(6-10)7-12-9-4-2-3-5-11-9/h2-5,8H,6-7H2,1H3,(H,11,12). The molecular weight excluding hydrogens is 172 g/mol. The fourth-order valence-corrected chi connectivity index (χ4v) is 0.910. The summed E-state index contributed by atoms with van der Waals surface area (Å²) in [5, 5.41) is 3.20. The maximum absolute atomic E-state index is 5.66. The molecule has 1 N–H and O–H groups in total. The summed E-state index contributed by atoms with van der Waals surface area (Å²) in [6.07, 6.45) is 1.77. The Hall–Kier alpha value is -0.760. The van der Waals surface area contributed by atoms with Crippen molar-refractivity contribution >= 4 is 17.4 Å². The topological polar surface area (TPSA) is 24.9 Å². The molecule has 1 aromatic rings. The van der Waals surface area contributed by atoms with Crippen LogP contribution in [-0.2, 0) is 0 Å². The van der Waals surface area contributed by atoms with Crippen molar-refractivity contribution in [1.82, 2.24) is 4.98 Å². The third-order valence-electron chi connectivity index (χ3n) is 1.56. The number of hydrogen-bond donors (Lipinski definition) is 1. The molecule has 2 nitrogen and oxygen atoms in total. The quantitative estimate of drug-likeness (QED) is 0.727. The Balaban J connectivity index is 2.33. The fraction of sp³-hybridized carbons (Fsp3) is 0.444. The predicted octanol–water partition coefficient (Wildman–Crippen LogP) is 2.37. The minimum atomic E-state index is 0.480. The van der Waals surface area contributed by atoms with Gasteiger partial charge < -0.3 is 5.32 Å². The van der Waals surface area contributed by atoms with Crippen LogP contribution in [0.2, 0.25) is 0 Å². The Morgan fingerprint density at radius 1 is 1.58 bits per heavy atom. The number of rotatable bonds is 4. The average molecular weight is 185 g/mol. The van der Waals surface area contributed by atoms with Crippen LogP contribution in [0.4, 0.5) is 5.82 Å². The summed E-state index contributed by atoms with van der Waals surface area (Å²) < 4.78 is 0. The van der Waals surface area contributed by atoms with Crippen LogP contribution < -0.4 is 5.32 Å². The second-order valence-corrected chi connectivity index (χ2v) is 3.16. The number of anilines is 1. The SMILES string of the molecule is CC(CCl)CNc1ccccn1. The van der Waals surface area contributed by atoms with Crippen molar-refractivity contribution in [2.75, 3.05) is 17.7 Å². The van der Waals surface area contributed by atoms with Crippen molar-refractivity contribution in [3.05, 3.63) is 24.4 Å². The Morgan fingerprint density at radius 3 is 3.00 bits per heavy atom. The van der Waals surface area contributed by atoms with Gasteiger partial charge in [-0.2, -0.15) is 0 Å². The van der Waals surface area contributed by atoms with E-state index in [9.17, 15) is 0 Å². The molecule has 0 aliphatic carbocycles. The number of halogens is 1. The van der Waals surface area contributed by atoms with Gasteiger partial charge in [0.1, 0.15) is 5.82 Å². The monoisotopic (exact) mass is 184 g/mol. The first-order chi connectivity index (χ1) is 5.83. The Kier molecular flexibility index (Phi) is 3.88. The summed E-state index contributed by atoms with van der Waals surface area (Å²) >= 11 is 5.66. The molecule has 3 heteroatoms. The molecule has 0 aliphatic rings. The van der Waals surface area contributed by atoms with E-state index in [1.807, 2.05) is 18.2 Å². The second kappa shape index (κ2) is 4.99. The van der Waals surface area contributed by atoms with E-state index in [0.717, 1.165) is 12.4 Å². The summed E-state index contributed by atoms with van der Waals surface area (Å²) in [4.78, 5) is 4.13. The van der Waals surface area contributed by atoms with Gasteiger partial charge in [-0.15, -0.1) is 11.6 Å². The Labute approximate surface area is 78.0 Å². The van der Waals surface area contributed by atoms with Gasteiger partial charge in [0, 0.05) is 18.6 Å². The zero-order valence-electron chi connectivity index (χ0n) is 7.13. The van der Waals surface area contributed by atoms with Gasteiger partial charge in [0.25, 0.3) is 0 Å². The Morgan fingerprint density at radius 2 is 2.42 bits per heavy atom. The van der Waals surface area contributed by atoms with Gasteiger partial charge in [-0.3, -0.25) is 0 Å². The molecule has 0 saturated heterocycles. The van der Waals surface area contributed by atoms with Crippen LogP contribution in [0.1, 0.15) is 6.92 Å². The van der Waals surface area contributed by atoms with Crippen LogP contribution >= 0.6 is 11.6 Å².